The molecule has 1 aromatic rings. The number of methoxy groups -OCH3 is 2. The zero-order chi connectivity index (χ0) is 15.1. The molecule has 0 saturated carbocycles. The minimum atomic E-state index is -0.280. The van der Waals surface area contributed by atoms with Gasteiger partial charge in [0.15, 0.2) is 5.90 Å². The first-order valence-electron chi connectivity index (χ1n) is 7.18. The average molecular weight is 307 g/mol. The number of thiophene rings is 1. The number of rotatable bonds is 4. The molecule has 1 aromatic heterocycles. The zero-order valence-corrected chi connectivity index (χ0v) is 13.3. The van der Waals surface area contributed by atoms with Crippen molar-refractivity contribution in [3.05, 3.63) is 28.0 Å². The number of nitrogens with zero attached hydrogens (tertiary/aromatic N) is 1. The van der Waals surface area contributed by atoms with Crippen molar-refractivity contribution in [2.75, 3.05) is 14.2 Å². The Morgan fingerprint density at radius 1 is 1.43 bits per heavy atom. The second kappa shape index (κ2) is 7.98. The fourth-order valence-corrected chi connectivity index (χ4v) is 3.17. The highest BCUT2D eigenvalue weighted by Crippen LogP contribution is 2.21. The quantitative estimate of drug-likeness (QED) is 0.792. The number of esters is 1. The average Bonchev–Trinajstić information content (AvgIpc) is 2.85. The van der Waals surface area contributed by atoms with Crippen LogP contribution in [0.3, 0.4) is 0 Å². The van der Waals surface area contributed by atoms with E-state index in [1.54, 1.807) is 13.2 Å². The molecule has 0 aromatic carbocycles. The number of ether oxygens (including phenoxy) is 2. The fourth-order valence-electron chi connectivity index (χ4n) is 2.31. The van der Waals surface area contributed by atoms with Crippen LogP contribution in [0.4, 0.5) is 0 Å². The third-order valence-corrected chi connectivity index (χ3v) is 4.47. The maximum atomic E-state index is 11.4. The van der Waals surface area contributed by atoms with Crippen LogP contribution < -0.4 is 0 Å². The third-order valence-electron chi connectivity index (χ3n) is 3.44. The third kappa shape index (κ3) is 4.70. The summed E-state index contributed by atoms with van der Waals surface area (Å²) in [5, 5.41) is 0. The monoisotopic (exact) mass is 307 g/mol. The van der Waals surface area contributed by atoms with Crippen molar-refractivity contribution in [1.29, 1.82) is 0 Å². The van der Waals surface area contributed by atoms with Gasteiger partial charge in [-0.05, 0) is 37.5 Å². The fraction of sp³-hybridized carbons (Fsp3) is 0.500. The predicted octanol–water partition coefficient (Wildman–Crippen LogP) is 3.93. The van der Waals surface area contributed by atoms with Crippen molar-refractivity contribution in [2.24, 2.45) is 4.99 Å². The molecule has 4 nitrogen and oxygen atoms in total. The summed E-state index contributed by atoms with van der Waals surface area (Å²) in [6.07, 6.45) is 9.47. The molecule has 0 N–H and O–H groups in total. The molecule has 0 fully saturated rings. The van der Waals surface area contributed by atoms with Gasteiger partial charge in [-0.15, -0.1) is 11.3 Å². The van der Waals surface area contributed by atoms with Gasteiger partial charge in [-0.1, -0.05) is 12.5 Å². The Morgan fingerprint density at radius 3 is 3.05 bits per heavy atom. The van der Waals surface area contributed by atoms with Gasteiger partial charge in [0, 0.05) is 11.3 Å². The highest BCUT2D eigenvalue weighted by molar-refractivity contribution is 7.14. The first-order chi connectivity index (χ1) is 10.2. The van der Waals surface area contributed by atoms with Crippen molar-refractivity contribution in [3.63, 3.8) is 0 Å². The van der Waals surface area contributed by atoms with E-state index < -0.39 is 0 Å². The number of hydrogen-bond acceptors (Lipinski definition) is 5. The summed E-state index contributed by atoms with van der Waals surface area (Å²) >= 11 is 1.44. The summed E-state index contributed by atoms with van der Waals surface area (Å²) in [7, 11) is 3.09. The van der Waals surface area contributed by atoms with E-state index >= 15 is 0 Å². The minimum absolute atomic E-state index is 0.280. The largest absolute Gasteiger partial charge is 0.484 e. The van der Waals surface area contributed by atoms with E-state index in [0.29, 0.717) is 10.9 Å². The molecule has 0 spiro atoms. The van der Waals surface area contributed by atoms with Crippen molar-refractivity contribution in [2.45, 2.75) is 38.1 Å². The molecule has 1 atom stereocenters. The summed E-state index contributed by atoms with van der Waals surface area (Å²) in [5.41, 5.74) is 0. The standard InChI is InChI=1S/C16H21NO3S/c1-19-15-9-4-3-6-12(17-15)7-5-8-13-10-11-14(21-13)16(18)20-2/h5,8,10-12H,3-4,6-7,9H2,1-2H3/b8-5+. The highest BCUT2D eigenvalue weighted by Gasteiger charge is 2.12. The minimum Gasteiger partial charge on any atom is -0.484 e. The summed E-state index contributed by atoms with van der Waals surface area (Å²) in [4.78, 5) is 17.7. The van der Waals surface area contributed by atoms with Gasteiger partial charge < -0.3 is 9.47 Å². The van der Waals surface area contributed by atoms with E-state index in [1.807, 2.05) is 12.1 Å². The van der Waals surface area contributed by atoms with Crippen LogP contribution >= 0.6 is 11.3 Å². The van der Waals surface area contributed by atoms with E-state index in [4.69, 9.17) is 9.47 Å². The van der Waals surface area contributed by atoms with Gasteiger partial charge in [-0.3, -0.25) is 4.99 Å². The molecule has 0 aliphatic carbocycles. The Labute approximate surface area is 129 Å². The van der Waals surface area contributed by atoms with Gasteiger partial charge in [0.05, 0.1) is 20.3 Å². The van der Waals surface area contributed by atoms with Crippen LogP contribution in [0, 0.1) is 0 Å². The van der Waals surface area contributed by atoms with Crippen molar-refractivity contribution in [1.82, 2.24) is 0 Å². The van der Waals surface area contributed by atoms with Crippen LogP contribution in [0.1, 0.15) is 46.7 Å². The van der Waals surface area contributed by atoms with Crippen molar-refractivity contribution in [3.8, 4) is 0 Å². The summed E-state index contributed by atoms with van der Waals surface area (Å²) in [6, 6.07) is 4.03. The van der Waals surface area contributed by atoms with Crippen LogP contribution in [-0.2, 0) is 9.47 Å². The molecule has 2 rings (SSSR count). The molecule has 5 heteroatoms. The van der Waals surface area contributed by atoms with Crippen LogP contribution in [0.2, 0.25) is 0 Å². The lowest BCUT2D eigenvalue weighted by molar-refractivity contribution is 0.0606. The Kier molecular flexibility index (Phi) is 5.99. The summed E-state index contributed by atoms with van der Waals surface area (Å²) in [5.74, 6) is 0.591. The molecule has 114 valence electrons. The van der Waals surface area contributed by atoms with Crippen molar-refractivity contribution >= 4 is 29.3 Å². The molecule has 0 radical (unpaired) electrons. The molecule has 21 heavy (non-hydrogen) atoms. The maximum absolute atomic E-state index is 11.4. The van der Waals surface area contributed by atoms with E-state index in [1.165, 1.54) is 24.9 Å². The Hall–Kier alpha value is -1.62. The van der Waals surface area contributed by atoms with E-state index in [0.717, 1.165) is 36.5 Å². The lowest BCUT2D eigenvalue weighted by atomic mass is 10.1. The molecular weight excluding hydrogens is 286 g/mol. The molecule has 1 aliphatic heterocycles. The van der Waals surface area contributed by atoms with Gasteiger partial charge >= 0.3 is 5.97 Å². The lowest BCUT2D eigenvalue weighted by Crippen LogP contribution is -2.06. The second-order valence-corrected chi connectivity index (χ2v) is 6.07. The van der Waals surface area contributed by atoms with Gasteiger partial charge in [0.1, 0.15) is 4.88 Å². The van der Waals surface area contributed by atoms with E-state index in [-0.39, 0.29) is 5.97 Å². The number of carbonyl (C=O) groups is 1. The molecule has 0 saturated heterocycles. The first-order valence-corrected chi connectivity index (χ1v) is 8.00. The number of aliphatic imine (C=N–C) groups is 1. The first kappa shape index (κ1) is 15.8. The highest BCUT2D eigenvalue weighted by atomic mass is 32.1. The zero-order valence-electron chi connectivity index (χ0n) is 12.5. The molecule has 0 amide bonds. The molecule has 1 aliphatic rings. The predicted molar refractivity (Wildman–Crippen MR) is 86.0 cm³/mol. The summed E-state index contributed by atoms with van der Waals surface area (Å²) < 4.78 is 9.99. The van der Waals surface area contributed by atoms with Gasteiger partial charge in [0.2, 0.25) is 0 Å². The second-order valence-electron chi connectivity index (χ2n) is 4.96. The SMILES string of the molecule is COC(=O)c1ccc(/C=C/CC2CCCCC(OC)=N2)s1. The van der Waals surface area contributed by atoms with Crippen LogP contribution in [-0.4, -0.2) is 32.1 Å². The molecular formula is C16H21NO3S. The summed E-state index contributed by atoms with van der Waals surface area (Å²) in [6.45, 7) is 0. The topological polar surface area (TPSA) is 47.9 Å². The van der Waals surface area contributed by atoms with Crippen LogP contribution in [0.15, 0.2) is 23.2 Å². The number of hydrogen-bond donors (Lipinski definition) is 0. The van der Waals surface area contributed by atoms with Crippen LogP contribution in [0.25, 0.3) is 6.08 Å². The Morgan fingerprint density at radius 2 is 2.29 bits per heavy atom. The van der Waals surface area contributed by atoms with Gasteiger partial charge in [0.25, 0.3) is 0 Å². The van der Waals surface area contributed by atoms with Gasteiger partial charge in [-0.2, -0.15) is 0 Å². The Bertz CT molecular complexity index is 533. The van der Waals surface area contributed by atoms with E-state index in [9.17, 15) is 4.79 Å². The normalized spacial score (nSPS) is 19.1. The maximum Gasteiger partial charge on any atom is 0.348 e. The molecule has 0 bridgehead atoms. The smallest absolute Gasteiger partial charge is 0.348 e. The van der Waals surface area contributed by atoms with Crippen LogP contribution in [0.5, 0.6) is 0 Å². The van der Waals surface area contributed by atoms with Gasteiger partial charge in [-0.25, -0.2) is 4.79 Å². The van der Waals surface area contributed by atoms with Crippen molar-refractivity contribution < 1.29 is 14.3 Å². The molecule has 2 heterocycles. The number of carbonyl (C=O) groups excluding carboxylic acids is 1. The lowest BCUT2D eigenvalue weighted by Gasteiger charge is -2.07. The molecule has 1 unspecified atom stereocenters. The van der Waals surface area contributed by atoms with E-state index in [2.05, 4.69) is 11.1 Å². The Balaban J connectivity index is 1.92.